The maximum atomic E-state index is 15.8. The first-order valence-electron chi connectivity index (χ1n) is 24.6. The standard InChI is InChI=1S/C51H67N3O16/c1-49(2,3)67-37(57)21-20-33(26-55)52-45(61)34(23-29-9-6-5-7-10-29)53(4)48(63)50-24-35-41-42(69-51(68-41,31-16-17-31)32-18-19-32)44(50)70-54(43(50)46(62)65-35)25-30-14-12-28(13-15-30)11-8-22-64-47-40(60)39(59)38(58)36(27-56)66-47/h5-15,31-36,38-44,47,55-56,58-60H,16-27H2,1-4H3,(H,52,61)/t33-,34+,35+,36+,38-,39-,40+,41-,42-,43-,44+,47-,50-/m0/s1. The summed E-state index contributed by atoms with van der Waals surface area (Å²) in [7, 11) is 1.55. The lowest BCUT2D eigenvalue weighted by molar-refractivity contribution is -0.298. The van der Waals surface area contributed by atoms with Gasteiger partial charge in [0.05, 0.1) is 32.4 Å². The summed E-state index contributed by atoms with van der Waals surface area (Å²) >= 11 is 0. The van der Waals surface area contributed by atoms with E-state index in [-0.39, 0.29) is 50.7 Å². The molecule has 0 unspecified atom stereocenters. The molecule has 70 heavy (non-hydrogen) atoms. The molecule has 19 nitrogen and oxygen atoms in total. The minimum absolute atomic E-state index is 0.0243. The molecule has 2 bridgehead atoms. The highest BCUT2D eigenvalue weighted by molar-refractivity contribution is 5.96. The number of benzene rings is 2. The third-order valence-corrected chi connectivity index (χ3v) is 14.8. The van der Waals surface area contributed by atoms with Crippen molar-refractivity contribution in [3.8, 4) is 0 Å². The molecule has 0 spiro atoms. The second-order valence-electron chi connectivity index (χ2n) is 21.0. The number of amides is 2. The Labute approximate surface area is 406 Å². The number of rotatable bonds is 19. The summed E-state index contributed by atoms with van der Waals surface area (Å²) in [6.07, 6.45) is -2.82. The smallest absolute Gasteiger partial charge is 0.327 e. The van der Waals surface area contributed by atoms with Gasteiger partial charge in [0, 0.05) is 38.1 Å². The number of nitrogens with zero attached hydrogens (tertiary/aromatic N) is 2. The molecular formula is C51H67N3O16. The molecule has 7 fully saturated rings. The number of hydrogen-bond donors (Lipinski definition) is 6. The maximum absolute atomic E-state index is 15.8. The van der Waals surface area contributed by atoms with Gasteiger partial charge < -0.3 is 64.2 Å². The van der Waals surface area contributed by atoms with Crippen molar-refractivity contribution < 1.29 is 78.0 Å². The highest BCUT2D eigenvalue weighted by atomic mass is 16.8. The molecule has 0 radical (unpaired) electrons. The van der Waals surface area contributed by atoms with Gasteiger partial charge in [0.25, 0.3) is 0 Å². The van der Waals surface area contributed by atoms with Gasteiger partial charge in [0.15, 0.2) is 18.1 Å². The van der Waals surface area contributed by atoms with Crippen LogP contribution in [0, 0.1) is 17.3 Å². The first-order valence-corrected chi connectivity index (χ1v) is 24.6. The van der Waals surface area contributed by atoms with Crippen LogP contribution in [0.25, 0.3) is 6.08 Å². The highest BCUT2D eigenvalue weighted by Crippen LogP contribution is 2.64. The van der Waals surface area contributed by atoms with Crippen LogP contribution in [0.5, 0.6) is 0 Å². The fourth-order valence-electron chi connectivity index (χ4n) is 11.0. The quantitative estimate of drug-likeness (QED) is 0.109. The molecule has 2 amide bonds. The summed E-state index contributed by atoms with van der Waals surface area (Å²) in [5, 5.41) is 54.8. The van der Waals surface area contributed by atoms with Gasteiger partial charge in [-0.3, -0.25) is 24.0 Å². The monoisotopic (exact) mass is 977 g/mol. The van der Waals surface area contributed by atoms with Gasteiger partial charge in [-0.25, -0.2) is 0 Å². The average Bonchev–Trinajstić information content (AvgIpc) is 4.29. The number of nitrogens with one attached hydrogen (secondary N) is 1. The van der Waals surface area contributed by atoms with Crippen LogP contribution in [0.4, 0.5) is 0 Å². The van der Waals surface area contributed by atoms with E-state index in [1.807, 2.05) is 54.6 Å². The molecule has 7 aliphatic rings. The molecule has 3 aliphatic carbocycles. The molecule has 19 heteroatoms. The van der Waals surface area contributed by atoms with Crippen LogP contribution in [0.15, 0.2) is 60.7 Å². The summed E-state index contributed by atoms with van der Waals surface area (Å²) in [6, 6.07) is 13.5. The van der Waals surface area contributed by atoms with E-state index in [2.05, 4.69) is 5.32 Å². The Morgan fingerprint density at radius 3 is 2.26 bits per heavy atom. The fraction of sp³-hybridized carbons (Fsp3) is 0.647. The first-order chi connectivity index (χ1) is 33.5. The normalized spacial score (nSPS) is 33.3. The SMILES string of the molecule is CN(C(=O)[C@@]12C[C@H]3OC(=O)[C@@H]1N(Cc1ccc(C=CCO[C@H]4O[C@H](CO)[C@H](O)[C@H](O)[C@H]4O)cc1)O[C@@H]2[C@H]1OC(C2CC2)(C2CC2)O[C@H]13)[C@H](Cc1ccccc1)C(=O)N[C@H](CO)CCC(=O)OC(C)(C)C. The van der Waals surface area contributed by atoms with Gasteiger partial charge in [0.1, 0.15) is 65.9 Å². The van der Waals surface area contributed by atoms with Crippen molar-refractivity contribution >= 4 is 29.8 Å². The average molecular weight is 978 g/mol. The maximum Gasteiger partial charge on any atom is 0.327 e. The number of aliphatic hydroxyl groups is 5. The molecule has 2 aromatic rings. The summed E-state index contributed by atoms with van der Waals surface area (Å²) in [4.78, 5) is 65.9. The first kappa shape index (κ1) is 50.6. The lowest BCUT2D eigenvalue weighted by Crippen LogP contribution is -2.70. The Kier molecular flexibility index (Phi) is 14.6. The number of aliphatic hydroxyl groups excluding tert-OH is 5. The molecule has 4 heterocycles. The lowest BCUT2D eigenvalue weighted by Gasteiger charge is -2.50. The van der Waals surface area contributed by atoms with Gasteiger partial charge in [-0.05, 0) is 69.6 Å². The fourth-order valence-corrected chi connectivity index (χ4v) is 11.0. The Morgan fingerprint density at radius 2 is 1.61 bits per heavy atom. The van der Waals surface area contributed by atoms with Crippen molar-refractivity contribution in [2.24, 2.45) is 17.3 Å². The minimum atomic E-state index is -1.57. The molecule has 0 aromatic heterocycles. The number of fused-ring (bicyclic) bond motifs is 4. The zero-order valence-electron chi connectivity index (χ0n) is 40.0. The molecule has 6 N–H and O–H groups in total. The van der Waals surface area contributed by atoms with E-state index >= 15 is 4.79 Å². The zero-order chi connectivity index (χ0) is 49.7. The van der Waals surface area contributed by atoms with Crippen LogP contribution in [-0.4, -0.2) is 171 Å². The number of hydrogen-bond acceptors (Lipinski definition) is 17. The number of hydroxylamine groups is 2. The van der Waals surface area contributed by atoms with Crippen molar-refractivity contribution in [1.82, 2.24) is 15.3 Å². The van der Waals surface area contributed by atoms with Crippen LogP contribution in [-0.2, 0) is 65.4 Å². The lowest BCUT2D eigenvalue weighted by atomic mass is 9.62. The number of carbonyl (C=O) groups is 4. The number of likely N-dealkylation sites (N-methyl/N-ethyl adjacent to an activating group) is 1. The Morgan fingerprint density at radius 1 is 0.929 bits per heavy atom. The van der Waals surface area contributed by atoms with Crippen LogP contribution >= 0.6 is 0 Å². The Balaban J connectivity index is 0.967. The second-order valence-corrected chi connectivity index (χ2v) is 21.0. The van der Waals surface area contributed by atoms with E-state index < -0.39 is 127 Å². The van der Waals surface area contributed by atoms with E-state index in [4.69, 9.17) is 33.3 Å². The predicted molar refractivity (Wildman–Crippen MR) is 245 cm³/mol. The molecule has 4 saturated heterocycles. The van der Waals surface area contributed by atoms with Gasteiger partial charge in [-0.15, -0.1) is 0 Å². The summed E-state index contributed by atoms with van der Waals surface area (Å²) in [5.41, 5.74) is 0.00254. The van der Waals surface area contributed by atoms with Gasteiger partial charge in [-0.2, -0.15) is 5.06 Å². The van der Waals surface area contributed by atoms with Crippen molar-refractivity contribution in [1.29, 1.82) is 0 Å². The summed E-state index contributed by atoms with van der Waals surface area (Å²) < 4.78 is 36.7. The molecule has 382 valence electrons. The van der Waals surface area contributed by atoms with E-state index in [0.29, 0.717) is 0 Å². The highest BCUT2D eigenvalue weighted by Gasteiger charge is 2.78. The van der Waals surface area contributed by atoms with E-state index in [0.717, 1.165) is 42.4 Å². The Bertz CT molecular complexity index is 2220. The predicted octanol–water partition coefficient (Wildman–Crippen LogP) is 1.29. The third-order valence-electron chi connectivity index (χ3n) is 14.8. The topological polar surface area (TPSA) is 253 Å². The molecule has 9 rings (SSSR count). The van der Waals surface area contributed by atoms with Crippen LogP contribution in [0.2, 0.25) is 0 Å². The summed E-state index contributed by atoms with van der Waals surface area (Å²) in [5.74, 6) is -2.71. The van der Waals surface area contributed by atoms with E-state index in [9.17, 15) is 39.9 Å². The van der Waals surface area contributed by atoms with Crippen molar-refractivity contribution in [2.75, 3.05) is 26.9 Å². The number of esters is 2. The second kappa shape index (κ2) is 20.3. The molecule has 2 aromatic carbocycles. The molecule has 4 aliphatic heterocycles. The number of carbonyl (C=O) groups excluding carboxylic acids is 4. The minimum Gasteiger partial charge on any atom is -0.460 e. The van der Waals surface area contributed by atoms with E-state index in [1.165, 1.54) is 9.96 Å². The third kappa shape index (κ3) is 10.0. The van der Waals surface area contributed by atoms with Gasteiger partial charge in [0.2, 0.25) is 11.8 Å². The van der Waals surface area contributed by atoms with Crippen molar-refractivity contribution in [3.05, 3.63) is 77.4 Å². The largest absolute Gasteiger partial charge is 0.460 e. The van der Waals surface area contributed by atoms with Crippen LogP contribution < -0.4 is 5.32 Å². The zero-order valence-corrected chi connectivity index (χ0v) is 40.0. The van der Waals surface area contributed by atoms with Gasteiger partial charge >= 0.3 is 11.9 Å². The molecular weight excluding hydrogens is 911 g/mol. The van der Waals surface area contributed by atoms with E-state index in [1.54, 1.807) is 40.0 Å². The van der Waals surface area contributed by atoms with Crippen LogP contribution in [0.1, 0.15) is 82.4 Å². The summed E-state index contributed by atoms with van der Waals surface area (Å²) in [6.45, 7) is 4.29. The number of ether oxygens (including phenoxy) is 6. The Hall–Kier alpha value is -4.38. The van der Waals surface area contributed by atoms with Crippen molar-refractivity contribution in [3.63, 3.8) is 0 Å². The molecule has 13 atom stereocenters. The van der Waals surface area contributed by atoms with Gasteiger partial charge in [-0.1, -0.05) is 66.7 Å². The van der Waals surface area contributed by atoms with Crippen molar-refractivity contribution in [2.45, 2.75) is 163 Å². The molecule has 3 saturated carbocycles. The van der Waals surface area contributed by atoms with Crippen LogP contribution in [0.3, 0.4) is 0 Å².